The van der Waals surface area contributed by atoms with Crippen molar-refractivity contribution in [3.8, 4) is 5.75 Å². The molecule has 2 rings (SSSR count). The van der Waals surface area contributed by atoms with Gasteiger partial charge in [-0.1, -0.05) is 41.4 Å². The zero-order valence-electron chi connectivity index (χ0n) is 11.8. The SMILES string of the molecule is COc1ccc(Br)c2c(Cl)c([N+](=O)[O-])c(CC(C)C)nc12. The van der Waals surface area contributed by atoms with E-state index >= 15 is 0 Å². The molecule has 0 amide bonds. The first-order valence-electron chi connectivity index (χ1n) is 6.35. The molecule has 1 aromatic carbocycles. The second kappa shape index (κ2) is 6.15. The van der Waals surface area contributed by atoms with Crippen LogP contribution in [0.15, 0.2) is 16.6 Å². The van der Waals surface area contributed by atoms with Gasteiger partial charge >= 0.3 is 5.69 Å². The summed E-state index contributed by atoms with van der Waals surface area (Å²) in [7, 11) is 1.53. The van der Waals surface area contributed by atoms with Crippen molar-refractivity contribution in [1.29, 1.82) is 0 Å². The van der Waals surface area contributed by atoms with Gasteiger partial charge in [0.05, 0.1) is 12.0 Å². The number of fused-ring (bicyclic) bond motifs is 1. The number of methoxy groups -OCH3 is 1. The summed E-state index contributed by atoms with van der Waals surface area (Å²) >= 11 is 9.66. The van der Waals surface area contributed by atoms with E-state index in [1.54, 1.807) is 12.1 Å². The van der Waals surface area contributed by atoms with Crippen LogP contribution in [-0.4, -0.2) is 17.0 Å². The molecule has 0 saturated carbocycles. The van der Waals surface area contributed by atoms with Gasteiger partial charge in [-0.25, -0.2) is 4.98 Å². The molecule has 7 heteroatoms. The van der Waals surface area contributed by atoms with Crippen molar-refractivity contribution in [2.75, 3.05) is 7.11 Å². The average Bonchev–Trinajstić information content (AvgIpc) is 2.37. The van der Waals surface area contributed by atoms with Crippen molar-refractivity contribution in [1.82, 2.24) is 4.98 Å². The van der Waals surface area contributed by atoms with Crippen LogP contribution in [0.1, 0.15) is 19.5 Å². The van der Waals surface area contributed by atoms with Gasteiger partial charge in [0.1, 0.15) is 22.0 Å². The Morgan fingerprint density at radius 2 is 2.14 bits per heavy atom. The van der Waals surface area contributed by atoms with Crippen LogP contribution < -0.4 is 4.74 Å². The molecular formula is C14H14BrClN2O3. The Kier molecular flexibility index (Phi) is 4.68. The topological polar surface area (TPSA) is 65.3 Å². The lowest BCUT2D eigenvalue weighted by atomic mass is 10.0. The maximum absolute atomic E-state index is 11.4. The fraction of sp³-hybridized carbons (Fsp3) is 0.357. The molecule has 21 heavy (non-hydrogen) atoms. The van der Waals surface area contributed by atoms with Gasteiger partial charge in [0.2, 0.25) is 0 Å². The maximum atomic E-state index is 11.4. The largest absolute Gasteiger partial charge is 0.494 e. The van der Waals surface area contributed by atoms with Gasteiger partial charge in [-0.15, -0.1) is 0 Å². The van der Waals surface area contributed by atoms with E-state index in [0.29, 0.717) is 33.2 Å². The average molecular weight is 374 g/mol. The van der Waals surface area contributed by atoms with Crippen LogP contribution in [0, 0.1) is 16.0 Å². The summed E-state index contributed by atoms with van der Waals surface area (Å²) in [4.78, 5) is 15.3. The lowest BCUT2D eigenvalue weighted by Crippen LogP contribution is -2.05. The monoisotopic (exact) mass is 372 g/mol. The van der Waals surface area contributed by atoms with Gasteiger partial charge in [0, 0.05) is 9.86 Å². The number of halogens is 2. The first-order chi connectivity index (χ1) is 9.86. The van der Waals surface area contributed by atoms with Crippen LogP contribution in [0.4, 0.5) is 5.69 Å². The summed E-state index contributed by atoms with van der Waals surface area (Å²) in [6.07, 6.45) is 0.474. The molecule has 0 atom stereocenters. The van der Waals surface area contributed by atoms with Crippen molar-refractivity contribution >= 4 is 44.1 Å². The zero-order chi connectivity index (χ0) is 15.7. The van der Waals surface area contributed by atoms with E-state index in [-0.39, 0.29) is 16.6 Å². The second-order valence-corrected chi connectivity index (χ2v) is 6.28. The van der Waals surface area contributed by atoms with Crippen LogP contribution in [0.25, 0.3) is 10.9 Å². The van der Waals surface area contributed by atoms with Crippen LogP contribution in [0.2, 0.25) is 5.02 Å². The first kappa shape index (κ1) is 16.0. The molecule has 0 bridgehead atoms. The summed E-state index contributed by atoms with van der Waals surface area (Å²) in [5.74, 6) is 0.762. The number of nitro groups is 1. The van der Waals surface area contributed by atoms with Gasteiger partial charge in [0.25, 0.3) is 0 Å². The fourth-order valence-corrected chi connectivity index (χ4v) is 3.18. The highest BCUT2D eigenvalue weighted by Crippen LogP contribution is 2.41. The molecule has 5 nitrogen and oxygen atoms in total. The lowest BCUT2D eigenvalue weighted by molar-refractivity contribution is -0.385. The highest BCUT2D eigenvalue weighted by molar-refractivity contribution is 9.10. The number of hydrogen-bond donors (Lipinski definition) is 0. The third-order valence-corrected chi connectivity index (χ3v) is 4.07. The molecule has 112 valence electrons. The smallest absolute Gasteiger partial charge is 0.309 e. The molecule has 2 aromatic rings. The quantitative estimate of drug-likeness (QED) is 0.572. The zero-order valence-corrected chi connectivity index (χ0v) is 14.2. The van der Waals surface area contributed by atoms with Crippen LogP contribution >= 0.6 is 27.5 Å². The molecule has 1 aromatic heterocycles. The number of pyridine rings is 1. The molecule has 0 aliphatic rings. The Morgan fingerprint density at radius 3 is 2.67 bits per heavy atom. The van der Waals surface area contributed by atoms with E-state index in [0.717, 1.165) is 0 Å². The van der Waals surface area contributed by atoms with Crippen molar-refractivity contribution in [2.45, 2.75) is 20.3 Å². The molecule has 0 radical (unpaired) electrons. The van der Waals surface area contributed by atoms with Gasteiger partial charge < -0.3 is 4.74 Å². The van der Waals surface area contributed by atoms with Gasteiger partial charge in [-0.2, -0.15) is 0 Å². The molecule has 0 spiro atoms. The molecule has 0 N–H and O–H groups in total. The molecule has 1 heterocycles. The van der Waals surface area contributed by atoms with Gasteiger partial charge in [-0.05, 0) is 24.5 Å². The number of nitrogens with zero attached hydrogens (tertiary/aromatic N) is 2. The Labute approximate surface area is 135 Å². The van der Waals surface area contributed by atoms with Crippen LogP contribution in [0.3, 0.4) is 0 Å². The number of ether oxygens (including phenoxy) is 1. The summed E-state index contributed by atoms with van der Waals surface area (Å²) in [6, 6.07) is 3.49. The van der Waals surface area contributed by atoms with E-state index in [1.165, 1.54) is 7.11 Å². The predicted octanol–water partition coefficient (Wildman–Crippen LogP) is 4.77. The van der Waals surface area contributed by atoms with Crippen molar-refractivity contribution in [3.63, 3.8) is 0 Å². The normalized spacial score (nSPS) is 11.1. The Balaban J connectivity index is 2.90. The molecule has 0 saturated heterocycles. The Hall–Kier alpha value is -1.40. The van der Waals surface area contributed by atoms with E-state index < -0.39 is 4.92 Å². The Bertz CT molecular complexity index is 719. The Morgan fingerprint density at radius 1 is 1.48 bits per heavy atom. The maximum Gasteiger partial charge on any atom is 0.309 e. The standard InChI is InChI=1S/C14H14BrClN2O3/c1-7(2)6-9-14(18(19)20)12(16)11-8(15)4-5-10(21-3)13(11)17-9/h4-5,7H,6H2,1-3H3. The van der Waals surface area contributed by atoms with Crippen molar-refractivity contribution in [3.05, 3.63) is 37.4 Å². The minimum absolute atomic E-state index is 0.0893. The lowest BCUT2D eigenvalue weighted by Gasteiger charge is -2.12. The third-order valence-electron chi connectivity index (χ3n) is 3.04. The van der Waals surface area contributed by atoms with Crippen molar-refractivity contribution < 1.29 is 9.66 Å². The first-order valence-corrected chi connectivity index (χ1v) is 7.52. The van der Waals surface area contributed by atoms with E-state index in [1.807, 2.05) is 13.8 Å². The van der Waals surface area contributed by atoms with E-state index in [2.05, 4.69) is 20.9 Å². The molecule has 0 unspecified atom stereocenters. The molecular weight excluding hydrogens is 360 g/mol. The minimum atomic E-state index is -0.474. The van der Waals surface area contributed by atoms with Crippen molar-refractivity contribution in [2.24, 2.45) is 5.92 Å². The second-order valence-electron chi connectivity index (χ2n) is 5.05. The van der Waals surface area contributed by atoms with Gasteiger partial charge in [-0.3, -0.25) is 10.1 Å². The molecule has 0 aliphatic carbocycles. The fourth-order valence-electron chi connectivity index (χ4n) is 2.18. The summed E-state index contributed by atoms with van der Waals surface area (Å²) in [5, 5.41) is 12.0. The minimum Gasteiger partial charge on any atom is -0.494 e. The molecule has 0 aliphatic heterocycles. The van der Waals surface area contributed by atoms with Crippen LogP contribution in [0.5, 0.6) is 5.75 Å². The number of benzene rings is 1. The number of aromatic nitrogens is 1. The van der Waals surface area contributed by atoms with Crippen LogP contribution in [-0.2, 0) is 6.42 Å². The number of hydrogen-bond acceptors (Lipinski definition) is 4. The predicted molar refractivity (Wildman–Crippen MR) is 86.2 cm³/mol. The summed E-state index contributed by atoms with van der Waals surface area (Å²) < 4.78 is 5.93. The highest BCUT2D eigenvalue weighted by Gasteiger charge is 2.26. The third kappa shape index (κ3) is 2.96. The molecule has 0 fully saturated rings. The number of rotatable bonds is 4. The van der Waals surface area contributed by atoms with E-state index in [4.69, 9.17) is 16.3 Å². The highest BCUT2D eigenvalue weighted by atomic mass is 79.9. The summed E-state index contributed by atoms with van der Waals surface area (Å²) in [5.41, 5.74) is 0.772. The van der Waals surface area contributed by atoms with E-state index in [9.17, 15) is 10.1 Å². The summed E-state index contributed by atoms with van der Waals surface area (Å²) in [6.45, 7) is 3.95. The van der Waals surface area contributed by atoms with Gasteiger partial charge in [0.15, 0.2) is 0 Å².